The number of alkyl carbamates (subject to hydrolysis) is 1. The van der Waals surface area contributed by atoms with Crippen molar-refractivity contribution in [2.24, 2.45) is 0 Å². The van der Waals surface area contributed by atoms with Gasteiger partial charge in [0.05, 0.1) is 6.61 Å². The van der Waals surface area contributed by atoms with E-state index in [4.69, 9.17) is 23.4 Å². The van der Waals surface area contributed by atoms with Crippen LogP contribution in [0.4, 0.5) is 4.79 Å². The quantitative estimate of drug-likeness (QED) is 0.216. The summed E-state index contributed by atoms with van der Waals surface area (Å²) < 4.78 is 23.9. The number of benzene rings is 1. The number of rotatable bonds is 11. The summed E-state index contributed by atoms with van der Waals surface area (Å²) in [5.41, 5.74) is -0.0459. The van der Waals surface area contributed by atoms with E-state index < -0.39 is 59.7 Å². The van der Waals surface area contributed by atoms with E-state index in [2.05, 4.69) is 73.0 Å². The van der Waals surface area contributed by atoms with Crippen molar-refractivity contribution in [2.75, 3.05) is 13.2 Å². The molecule has 11 heteroatoms. The van der Waals surface area contributed by atoms with Crippen LogP contribution in [-0.4, -0.2) is 69.9 Å². The van der Waals surface area contributed by atoms with E-state index in [0.717, 1.165) is 5.56 Å². The Balaban J connectivity index is 3.47. The van der Waals surface area contributed by atoms with Crippen LogP contribution in [0.1, 0.15) is 67.9 Å². The minimum Gasteiger partial charge on any atom is -0.541 e. The Morgan fingerprint density at radius 2 is 1.38 bits per heavy atom. The average Bonchev–Trinajstić information content (AvgIpc) is 2.75. The van der Waals surface area contributed by atoms with E-state index >= 15 is 0 Å². The Morgan fingerprint density at radius 3 is 1.82 bits per heavy atom. The zero-order chi connectivity index (χ0) is 31.3. The highest BCUT2D eigenvalue weighted by molar-refractivity contribution is 6.75. The van der Waals surface area contributed by atoms with Crippen molar-refractivity contribution >= 4 is 28.7 Å². The SMILES string of the molecule is CC(C)(C)OC(=O)N[C@@H](Cc1ccc(O[Si](C)(C)C(C)(C)C)c(O[Si](C)(C)C(C)(C)C)c1)C(=O)OC[C@@H](O)CO. The van der Waals surface area contributed by atoms with Crippen LogP contribution >= 0.6 is 0 Å². The lowest BCUT2D eigenvalue weighted by Gasteiger charge is -2.39. The fourth-order valence-corrected chi connectivity index (χ4v) is 4.95. The molecule has 0 spiro atoms. The first-order valence-electron chi connectivity index (χ1n) is 13.8. The highest BCUT2D eigenvalue weighted by Crippen LogP contribution is 2.43. The third-order valence-electron chi connectivity index (χ3n) is 7.39. The highest BCUT2D eigenvalue weighted by atomic mass is 28.4. The van der Waals surface area contributed by atoms with Crippen LogP contribution in [0, 0.1) is 0 Å². The summed E-state index contributed by atoms with van der Waals surface area (Å²) in [4.78, 5) is 25.5. The summed E-state index contributed by atoms with van der Waals surface area (Å²) in [5, 5.41) is 21.2. The van der Waals surface area contributed by atoms with Gasteiger partial charge in [-0.25, -0.2) is 9.59 Å². The number of hydrogen-bond acceptors (Lipinski definition) is 8. The van der Waals surface area contributed by atoms with Gasteiger partial charge in [-0.3, -0.25) is 0 Å². The first-order valence-corrected chi connectivity index (χ1v) is 19.7. The van der Waals surface area contributed by atoms with E-state index in [1.165, 1.54) is 0 Å². The predicted octanol–water partition coefficient (Wildman–Crippen LogP) is 5.79. The van der Waals surface area contributed by atoms with Crippen LogP contribution in [0.25, 0.3) is 0 Å². The summed E-state index contributed by atoms with van der Waals surface area (Å²) >= 11 is 0. The molecule has 0 saturated heterocycles. The number of aliphatic hydroxyl groups excluding tert-OH is 2. The molecule has 1 amide bonds. The van der Waals surface area contributed by atoms with Gasteiger partial charge in [0.1, 0.15) is 35.9 Å². The van der Waals surface area contributed by atoms with Gasteiger partial charge < -0.3 is 33.9 Å². The second-order valence-corrected chi connectivity index (χ2v) is 23.8. The molecule has 0 bridgehead atoms. The molecule has 0 aliphatic heterocycles. The van der Waals surface area contributed by atoms with Crippen molar-refractivity contribution in [1.82, 2.24) is 5.32 Å². The molecule has 3 N–H and O–H groups in total. The number of aliphatic hydroxyl groups is 2. The van der Waals surface area contributed by atoms with Gasteiger partial charge in [0.15, 0.2) is 0 Å². The molecule has 0 heterocycles. The van der Waals surface area contributed by atoms with Crippen molar-refractivity contribution in [2.45, 2.75) is 123 Å². The fourth-order valence-electron chi connectivity index (χ4n) is 2.91. The molecule has 0 fully saturated rings. The molecule has 0 radical (unpaired) electrons. The zero-order valence-electron chi connectivity index (χ0n) is 26.9. The lowest BCUT2D eigenvalue weighted by atomic mass is 10.1. The summed E-state index contributed by atoms with van der Waals surface area (Å²) in [6.45, 7) is 25.9. The molecule has 0 aromatic heterocycles. The number of nitrogens with one attached hydrogen (secondary N) is 1. The molecule has 1 rings (SSSR count). The maximum absolute atomic E-state index is 13.0. The second-order valence-electron chi connectivity index (χ2n) is 14.4. The maximum atomic E-state index is 13.0. The van der Waals surface area contributed by atoms with E-state index in [1.54, 1.807) is 20.8 Å². The molecule has 2 atom stereocenters. The lowest BCUT2D eigenvalue weighted by molar-refractivity contribution is -0.149. The molecule has 0 unspecified atom stereocenters. The van der Waals surface area contributed by atoms with Gasteiger partial charge >= 0.3 is 12.1 Å². The molecule has 0 saturated carbocycles. The van der Waals surface area contributed by atoms with Crippen LogP contribution in [-0.2, 0) is 20.7 Å². The monoisotopic (exact) mass is 599 g/mol. The number of ether oxygens (including phenoxy) is 2. The van der Waals surface area contributed by atoms with E-state index in [9.17, 15) is 14.7 Å². The van der Waals surface area contributed by atoms with Crippen molar-refractivity contribution in [3.8, 4) is 11.5 Å². The van der Waals surface area contributed by atoms with Crippen molar-refractivity contribution in [3.63, 3.8) is 0 Å². The first-order chi connectivity index (χ1) is 17.9. The van der Waals surface area contributed by atoms with Crippen LogP contribution < -0.4 is 14.2 Å². The van der Waals surface area contributed by atoms with Crippen LogP contribution in [0.2, 0.25) is 36.3 Å². The largest absolute Gasteiger partial charge is 0.541 e. The van der Waals surface area contributed by atoms with Gasteiger partial charge in [0.25, 0.3) is 16.6 Å². The topological polar surface area (TPSA) is 124 Å². The molecular formula is C29H53NO8Si2. The van der Waals surface area contributed by atoms with Crippen LogP contribution in [0.5, 0.6) is 11.5 Å². The Bertz CT molecular complexity index is 1010. The van der Waals surface area contributed by atoms with Crippen LogP contribution in [0.15, 0.2) is 18.2 Å². The van der Waals surface area contributed by atoms with Gasteiger partial charge in [-0.2, -0.15) is 0 Å². The van der Waals surface area contributed by atoms with E-state index in [0.29, 0.717) is 11.5 Å². The molecular weight excluding hydrogens is 546 g/mol. The molecule has 1 aromatic rings. The number of hydrogen-bond donors (Lipinski definition) is 3. The molecule has 0 aliphatic rings. The standard InChI is InChI=1S/C29H53NO8Si2/c1-27(2,3)36-26(34)30-22(25(33)35-19-21(32)18-31)16-20-14-15-23(37-39(10,11)28(4,5)6)24(17-20)38-40(12,13)29(7,8)9/h14-15,17,21-22,31-32H,16,18-19H2,1-13H3,(H,30,34)/t21-,22-/m0/s1. The van der Waals surface area contributed by atoms with Crippen molar-refractivity contribution in [1.29, 1.82) is 0 Å². The Labute approximate surface area is 243 Å². The van der Waals surface area contributed by atoms with Gasteiger partial charge in [-0.15, -0.1) is 0 Å². The van der Waals surface area contributed by atoms with Gasteiger partial charge in [0, 0.05) is 6.42 Å². The maximum Gasteiger partial charge on any atom is 0.408 e. The summed E-state index contributed by atoms with van der Waals surface area (Å²) in [6, 6.07) is 4.47. The molecule has 0 aliphatic carbocycles. The van der Waals surface area contributed by atoms with Crippen molar-refractivity contribution in [3.05, 3.63) is 23.8 Å². The first kappa shape index (κ1) is 35.9. The zero-order valence-corrected chi connectivity index (χ0v) is 28.9. The third kappa shape index (κ3) is 11.1. The smallest absolute Gasteiger partial charge is 0.408 e. The number of carbonyl (C=O) groups is 2. The predicted molar refractivity (Wildman–Crippen MR) is 163 cm³/mol. The minimum absolute atomic E-state index is 0.0226. The normalized spacial score (nSPS) is 14.7. The molecule has 230 valence electrons. The van der Waals surface area contributed by atoms with E-state index in [-0.39, 0.29) is 16.5 Å². The second kappa shape index (κ2) is 13.3. The minimum atomic E-state index is -2.26. The Hall–Kier alpha value is -2.09. The molecule has 40 heavy (non-hydrogen) atoms. The van der Waals surface area contributed by atoms with Crippen LogP contribution in [0.3, 0.4) is 0 Å². The Morgan fingerprint density at radius 1 is 0.875 bits per heavy atom. The Kier molecular flexibility index (Phi) is 11.9. The molecule has 1 aromatic carbocycles. The lowest BCUT2D eigenvalue weighted by Crippen LogP contribution is -2.46. The van der Waals surface area contributed by atoms with Crippen molar-refractivity contribution < 1.29 is 38.1 Å². The summed E-state index contributed by atoms with van der Waals surface area (Å²) in [6.07, 6.45) is -1.91. The average molecular weight is 600 g/mol. The fraction of sp³-hybridized carbons (Fsp3) is 0.724. The highest BCUT2D eigenvalue weighted by Gasteiger charge is 2.42. The van der Waals surface area contributed by atoms with Gasteiger partial charge in [-0.1, -0.05) is 47.6 Å². The summed E-state index contributed by atoms with van der Waals surface area (Å²) in [7, 11) is -4.45. The summed E-state index contributed by atoms with van der Waals surface area (Å²) in [5.74, 6) is 0.506. The van der Waals surface area contributed by atoms with Gasteiger partial charge in [-0.05, 0) is 74.7 Å². The number of amides is 1. The third-order valence-corrected chi connectivity index (χ3v) is 16.1. The van der Waals surface area contributed by atoms with Gasteiger partial charge in [0.2, 0.25) is 0 Å². The molecule has 9 nitrogen and oxygen atoms in total. The number of esters is 1. The van der Waals surface area contributed by atoms with E-state index in [1.807, 2.05) is 18.2 Å². The number of carbonyl (C=O) groups excluding carboxylic acids is 2.